The second-order valence-electron chi connectivity index (χ2n) is 4.13. The van der Waals surface area contributed by atoms with Crippen LogP contribution in [0.25, 0.3) is 0 Å². The van der Waals surface area contributed by atoms with Gasteiger partial charge in [0, 0.05) is 23.5 Å². The number of ether oxygens (including phenoxy) is 2. The highest BCUT2D eigenvalue weighted by Gasteiger charge is 2.19. The Labute approximate surface area is 99.8 Å². The van der Waals surface area contributed by atoms with Crippen LogP contribution < -0.4 is 4.74 Å². The van der Waals surface area contributed by atoms with Crippen molar-refractivity contribution < 1.29 is 9.47 Å². The van der Waals surface area contributed by atoms with Crippen molar-refractivity contribution in [2.75, 3.05) is 6.79 Å². The zero-order valence-electron chi connectivity index (χ0n) is 9.67. The maximum Gasteiger partial charge on any atom is 0.189 e. The lowest BCUT2D eigenvalue weighted by Gasteiger charge is -2.23. The minimum Gasteiger partial charge on any atom is -0.467 e. The van der Waals surface area contributed by atoms with Crippen molar-refractivity contribution in [3.8, 4) is 5.75 Å². The first-order chi connectivity index (χ1) is 8.36. The minimum absolute atomic E-state index is 0.213. The molecule has 0 spiro atoms. The molecule has 4 heteroatoms. The summed E-state index contributed by atoms with van der Waals surface area (Å²) in [5, 5.41) is 0. The van der Waals surface area contributed by atoms with Crippen LogP contribution in [-0.4, -0.2) is 16.3 Å². The van der Waals surface area contributed by atoms with Gasteiger partial charge in [0.25, 0.3) is 0 Å². The van der Waals surface area contributed by atoms with Crippen molar-refractivity contribution >= 4 is 0 Å². The number of fused-ring (bicyclic) bond motifs is 1. The van der Waals surface area contributed by atoms with Gasteiger partial charge in [0.15, 0.2) is 6.79 Å². The first-order valence-electron chi connectivity index (χ1n) is 5.66. The van der Waals surface area contributed by atoms with E-state index in [-0.39, 0.29) is 6.04 Å². The van der Waals surface area contributed by atoms with Gasteiger partial charge < -0.3 is 14.0 Å². The molecule has 1 aliphatic heterocycles. The van der Waals surface area contributed by atoms with Crippen LogP contribution in [0.4, 0.5) is 0 Å². The molecule has 17 heavy (non-hydrogen) atoms. The monoisotopic (exact) mass is 230 g/mol. The Balaban J connectivity index is 2.03. The van der Waals surface area contributed by atoms with E-state index < -0.39 is 0 Å². The third-order valence-corrected chi connectivity index (χ3v) is 3.09. The van der Waals surface area contributed by atoms with E-state index in [0.717, 1.165) is 11.3 Å². The lowest BCUT2D eigenvalue weighted by atomic mass is 10.0. The number of benzene rings is 1. The highest BCUT2D eigenvalue weighted by Crippen LogP contribution is 2.33. The van der Waals surface area contributed by atoms with Crippen LogP contribution in [0.2, 0.25) is 0 Å². The zero-order valence-corrected chi connectivity index (χ0v) is 9.67. The average molecular weight is 230 g/mol. The van der Waals surface area contributed by atoms with Crippen LogP contribution in [0, 0.1) is 0 Å². The Kier molecular flexibility index (Phi) is 2.57. The average Bonchev–Trinajstić information content (AvgIpc) is 2.91. The van der Waals surface area contributed by atoms with Gasteiger partial charge in [-0.05, 0) is 6.92 Å². The van der Waals surface area contributed by atoms with Crippen LogP contribution in [0.5, 0.6) is 5.75 Å². The maximum atomic E-state index is 5.62. The van der Waals surface area contributed by atoms with Gasteiger partial charge in [-0.3, -0.25) is 0 Å². The van der Waals surface area contributed by atoms with E-state index in [1.807, 2.05) is 24.7 Å². The van der Waals surface area contributed by atoms with E-state index in [2.05, 4.69) is 22.5 Å². The van der Waals surface area contributed by atoms with Gasteiger partial charge in [-0.2, -0.15) is 0 Å². The number of aromatic nitrogens is 2. The lowest BCUT2D eigenvalue weighted by molar-refractivity contribution is -0.0173. The van der Waals surface area contributed by atoms with Crippen molar-refractivity contribution in [2.24, 2.45) is 0 Å². The second kappa shape index (κ2) is 4.22. The molecule has 3 rings (SSSR count). The second-order valence-corrected chi connectivity index (χ2v) is 4.13. The quantitative estimate of drug-likeness (QED) is 0.794. The number of rotatable bonds is 2. The standard InChI is InChI=1S/C13H14N2O2/c1-10(15-6-5-14-8-15)12-4-2-3-11-7-16-9-17-13(11)12/h2-6,8,10H,7,9H2,1H3. The van der Waals surface area contributed by atoms with Gasteiger partial charge in [0.1, 0.15) is 5.75 Å². The first-order valence-corrected chi connectivity index (χ1v) is 5.66. The maximum absolute atomic E-state index is 5.62. The Bertz CT molecular complexity index is 508. The number of hydrogen-bond donors (Lipinski definition) is 0. The van der Waals surface area contributed by atoms with Crippen molar-refractivity contribution in [3.05, 3.63) is 48.0 Å². The minimum atomic E-state index is 0.213. The largest absolute Gasteiger partial charge is 0.467 e. The molecule has 0 N–H and O–H groups in total. The molecule has 1 unspecified atom stereocenters. The third-order valence-electron chi connectivity index (χ3n) is 3.09. The summed E-state index contributed by atoms with van der Waals surface area (Å²) in [6, 6.07) is 6.39. The first kappa shape index (κ1) is 10.4. The smallest absolute Gasteiger partial charge is 0.189 e. The fourth-order valence-corrected chi connectivity index (χ4v) is 2.13. The molecular weight excluding hydrogens is 216 g/mol. The summed E-state index contributed by atoms with van der Waals surface area (Å²) in [4.78, 5) is 4.08. The molecule has 1 aromatic carbocycles. The third kappa shape index (κ3) is 1.80. The molecule has 1 aliphatic rings. The molecule has 0 radical (unpaired) electrons. The molecule has 0 amide bonds. The van der Waals surface area contributed by atoms with Gasteiger partial charge in [-0.15, -0.1) is 0 Å². The molecule has 0 saturated heterocycles. The molecule has 0 aliphatic carbocycles. The molecule has 88 valence electrons. The summed E-state index contributed by atoms with van der Waals surface area (Å²) in [5.74, 6) is 0.958. The SMILES string of the molecule is CC(c1cccc2c1OCOC2)n1ccnc1. The van der Waals surface area contributed by atoms with Crippen LogP contribution in [-0.2, 0) is 11.3 Å². The summed E-state index contributed by atoms with van der Waals surface area (Å²) in [5.41, 5.74) is 2.28. The van der Waals surface area contributed by atoms with Gasteiger partial charge in [-0.1, -0.05) is 18.2 Å². The highest BCUT2D eigenvalue weighted by atomic mass is 16.7. The van der Waals surface area contributed by atoms with E-state index in [0.29, 0.717) is 13.4 Å². The fraction of sp³-hybridized carbons (Fsp3) is 0.308. The molecule has 1 aromatic heterocycles. The number of hydrogen-bond acceptors (Lipinski definition) is 3. The normalized spacial score (nSPS) is 16.1. The van der Waals surface area contributed by atoms with E-state index in [4.69, 9.17) is 9.47 Å². The predicted molar refractivity (Wildman–Crippen MR) is 62.8 cm³/mol. The van der Waals surface area contributed by atoms with E-state index >= 15 is 0 Å². The Hall–Kier alpha value is -1.81. The number of para-hydroxylation sites is 1. The zero-order chi connectivity index (χ0) is 11.7. The van der Waals surface area contributed by atoms with E-state index in [1.165, 1.54) is 5.56 Å². The van der Waals surface area contributed by atoms with Crippen LogP contribution in [0.15, 0.2) is 36.9 Å². The molecule has 2 aromatic rings. The Morgan fingerprint density at radius 2 is 2.35 bits per heavy atom. The van der Waals surface area contributed by atoms with E-state index in [9.17, 15) is 0 Å². The van der Waals surface area contributed by atoms with Crippen LogP contribution in [0.3, 0.4) is 0 Å². The molecule has 4 nitrogen and oxygen atoms in total. The summed E-state index contributed by atoms with van der Waals surface area (Å²) >= 11 is 0. The number of nitrogens with zero attached hydrogens (tertiary/aromatic N) is 2. The lowest BCUT2D eigenvalue weighted by Crippen LogP contribution is -2.15. The summed E-state index contributed by atoms with van der Waals surface area (Å²) < 4.78 is 13.0. The number of imidazole rings is 1. The predicted octanol–water partition coefficient (Wildman–Crippen LogP) is 2.36. The van der Waals surface area contributed by atoms with Crippen molar-refractivity contribution in [1.82, 2.24) is 9.55 Å². The van der Waals surface area contributed by atoms with Gasteiger partial charge in [0.2, 0.25) is 0 Å². The van der Waals surface area contributed by atoms with Crippen molar-refractivity contribution in [1.29, 1.82) is 0 Å². The van der Waals surface area contributed by atoms with Crippen molar-refractivity contribution in [2.45, 2.75) is 19.6 Å². The molecule has 0 bridgehead atoms. The molecule has 0 fully saturated rings. The van der Waals surface area contributed by atoms with Gasteiger partial charge in [0.05, 0.1) is 19.0 Å². The molecular formula is C13H14N2O2. The summed E-state index contributed by atoms with van der Waals surface area (Å²) in [6.45, 7) is 3.09. The molecule has 1 atom stereocenters. The highest BCUT2D eigenvalue weighted by molar-refractivity contribution is 5.43. The van der Waals surface area contributed by atoms with E-state index in [1.54, 1.807) is 6.20 Å². The molecule has 0 saturated carbocycles. The Morgan fingerprint density at radius 1 is 1.41 bits per heavy atom. The van der Waals surface area contributed by atoms with Crippen molar-refractivity contribution in [3.63, 3.8) is 0 Å². The Morgan fingerprint density at radius 3 is 3.18 bits per heavy atom. The van der Waals surface area contributed by atoms with Gasteiger partial charge in [-0.25, -0.2) is 4.98 Å². The van der Waals surface area contributed by atoms with Crippen LogP contribution >= 0.6 is 0 Å². The van der Waals surface area contributed by atoms with Gasteiger partial charge >= 0.3 is 0 Å². The summed E-state index contributed by atoms with van der Waals surface area (Å²) in [6.07, 6.45) is 5.57. The topological polar surface area (TPSA) is 36.3 Å². The van der Waals surface area contributed by atoms with Crippen LogP contribution in [0.1, 0.15) is 24.1 Å². The molecule has 2 heterocycles. The summed E-state index contributed by atoms with van der Waals surface area (Å²) in [7, 11) is 0. The fourth-order valence-electron chi connectivity index (χ4n) is 2.13.